The van der Waals surface area contributed by atoms with Crippen molar-refractivity contribution in [2.24, 2.45) is 5.41 Å². The highest BCUT2D eigenvalue weighted by molar-refractivity contribution is 6.10. The number of Topliss-reactive ketones (excluding diaryl/α,β-unsaturated/α-hetero) is 1. The zero-order chi connectivity index (χ0) is 26.0. The number of pyridine rings is 1. The van der Waals surface area contributed by atoms with Crippen molar-refractivity contribution < 1.29 is 4.79 Å². The van der Waals surface area contributed by atoms with Gasteiger partial charge in [-0.05, 0) is 43.7 Å². The van der Waals surface area contributed by atoms with E-state index in [9.17, 15) is 4.79 Å². The number of hydrogen-bond donors (Lipinski definition) is 1. The second-order valence-corrected chi connectivity index (χ2v) is 12.3. The van der Waals surface area contributed by atoms with Gasteiger partial charge in [-0.15, -0.1) is 12.4 Å². The molecule has 0 atom stereocenters. The van der Waals surface area contributed by atoms with Crippen molar-refractivity contribution in [3.63, 3.8) is 0 Å². The standard InChI is InChI=1S/C33H52N2O.ClH/c1-6-7-8-9-10-11-12-13-14-15-16-17-18-19-20-34-32-27-22-25(2)21-26(3)31(27)35-28-23-33(4,5)24-29(36)30(28)32;/h21-22H,6-20,23-24H2,1-5H3,(H,34,35);1H. The SMILES string of the molecule is CCCCCCCCCCCCCCCCNc1c2c(nc3c(C)cc(C)cc13)CC(C)(C)CC2=O.Cl. The molecule has 3 nitrogen and oxygen atoms in total. The number of ketones is 1. The van der Waals surface area contributed by atoms with Gasteiger partial charge in [0.05, 0.1) is 22.5 Å². The summed E-state index contributed by atoms with van der Waals surface area (Å²) in [7, 11) is 0. The molecule has 1 aromatic heterocycles. The molecule has 0 bridgehead atoms. The molecule has 0 aliphatic heterocycles. The topological polar surface area (TPSA) is 42.0 Å². The van der Waals surface area contributed by atoms with Crippen LogP contribution in [0.3, 0.4) is 0 Å². The number of nitrogens with zero attached hydrogens (tertiary/aromatic N) is 1. The Labute approximate surface area is 233 Å². The normalized spacial score (nSPS) is 14.5. The summed E-state index contributed by atoms with van der Waals surface area (Å²) < 4.78 is 0. The third kappa shape index (κ3) is 9.57. The van der Waals surface area contributed by atoms with Crippen LogP contribution < -0.4 is 5.32 Å². The summed E-state index contributed by atoms with van der Waals surface area (Å²) in [6.07, 6.45) is 20.7. The number of carbonyl (C=O) groups excluding carboxylic acids is 1. The maximum absolute atomic E-state index is 13.2. The average molecular weight is 529 g/mol. The summed E-state index contributed by atoms with van der Waals surface area (Å²) in [6.45, 7) is 11.9. The number of hydrogen-bond acceptors (Lipinski definition) is 3. The minimum absolute atomic E-state index is 0. The summed E-state index contributed by atoms with van der Waals surface area (Å²) in [5.41, 5.74) is 6.34. The Balaban J connectivity index is 0.00000481. The predicted molar refractivity (Wildman–Crippen MR) is 164 cm³/mol. The molecular formula is C33H53ClN2O. The van der Waals surface area contributed by atoms with Gasteiger partial charge in [-0.1, -0.05) is 116 Å². The molecule has 37 heavy (non-hydrogen) atoms. The monoisotopic (exact) mass is 528 g/mol. The minimum Gasteiger partial charge on any atom is -0.384 e. The number of carbonyl (C=O) groups is 1. The van der Waals surface area contributed by atoms with Crippen molar-refractivity contribution in [3.8, 4) is 0 Å². The fourth-order valence-corrected chi connectivity index (χ4v) is 5.95. The molecule has 0 saturated carbocycles. The lowest BCUT2D eigenvalue weighted by molar-refractivity contribution is 0.0911. The quantitative estimate of drug-likeness (QED) is 0.220. The lowest BCUT2D eigenvalue weighted by Crippen LogP contribution is -2.29. The molecule has 0 spiro atoms. The van der Waals surface area contributed by atoms with Crippen LogP contribution in [0.25, 0.3) is 10.9 Å². The molecule has 0 fully saturated rings. The molecular weight excluding hydrogens is 476 g/mol. The molecule has 2 aromatic rings. The van der Waals surface area contributed by atoms with Gasteiger partial charge in [0.15, 0.2) is 5.78 Å². The first kappa shape index (κ1) is 31.6. The highest BCUT2D eigenvalue weighted by Gasteiger charge is 2.34. The summed E-state index contributed by atoms with van der Waals surface area (Å²) in [4.78, 5) is 18.2. The van der Waals surface area contributed by atoms with Crippen molar-refractivity contribution in [3.05, 3.63) is 34.5 Å². The van der Waals surface area contributed by atoms with Gasteiger partial charge in [0, 0.05) is 18.4 Å². The highest BCUT2D eigenvalue weighted by Crippen LogP contribution is 2.40. The summed E-state index contributed by atoms with van der Waals surface area (Å²) in [5.74, 6) is 0.248. The first-order valence-corrected chi connectivity index (χ1v) is 15.0. The molecule has 0 amide bonds. The Bertz CT molecular complexity index is 998. The number of anilines is 1. The lowest BCUT2D eigenvalue weighted by atomic mass is 9.75. The first-order chi connectivity index (χ1) is 17.3. The van der Waals surface area contributed by atoms with Gasteiger partial charge in [-0.2, -0.15) is 0 Å². The molecule has 3 rings (SSSR count). The van der Waals surface area contributed by atoms with Gasteiger partial charge < -0.3 is 5.32 Å². The van der Waals surface area contributed by atoms with Crippen LogP contribution >= 0.6 is 12.4 Å². The van der Waals surface area contributed by atoms with E-state index in [1.807, 2.05) is 0 Å². The average Bonchev–Trinajstić information content (AvgIpc) is 2.80. The Morgan fingerprint density at radius 3 is 1.92 bits per heavy atom. The van der Waals surface area contributed by atoms with E-state index >= 15 is 0 Å². The zero-order valence-electron chi connectivity index (χ0n) is 24.4. The number of aryl methyl sites for hydroxylation is 2. The summed E-state index contributed by atoms with van der Waals surface area (Å²) in [5, 5.41) is 4.83. The zero-order valence-corrected chi connectivity index (χ0v) is 25.3. The van der Waals surface area contributed by atoms with E-state index in [0.29, 0.717) is 6.42 Å². The number of halogens is 1. The van der Waals surface area contributed by atoms with E-state index < -0.39 is 0 Å². The third-order valence-corrected chi connectivity index (χ3v) is 7.90. The first-order valence-electron chi connectivity index (χ1n) is 15.0. The molecule has 0 radical (unpaired) electrons. The van der Waals surface area contributed by atoms with Crippen LogP contribution in [0.5, 0.6) is 0 Å². The molecule has 0 saturated heterocycles. The number of fused-ring (bicyclic) bond motifs is 2. The van der Waals surface area contributed by atoms with Gasteiger partial charge in [0.25, 0.3) is 0 Å². The molecule has 1 N–H and O–H groups in total. The van der Waals surface area contributed by atoms with Crippen molar-refractivity contribution in [1.29, 1.82) is 0 Å². The largest absolute Gasteiger partial charge is 0.384 e. The van der Waals surface area contributed by atoms with Crippen LogP contribution in [0, 0.1) is 19.3 Å². The van der Waals surface area contributed by atoms with Crippen molar-refractivity contribution in [2.75, 3.05) is 11.9 Å². The summed E-state index contributed by atoms with van der Waals surface area (Å²) in [6, 6.07) is 4.41. The van der Waals surface area contributed by atoms with Gasteiger partial charge in [0.2, 0.25) is 0 Å². The number of rotatable bonds is 16. The minimum atomic E-state index is -0.0186. The molecule has 1 aliphatic carbocycles. The Hall–Kier alpha value is -1.61. The number of aromatic nitrogens is 1. The fourth-order valence-electron chi connectivity index (χ4n) is 5.95. The van der Waals surface area contributed by atoms with Gasteiger partial charge in [0.1, 0.15) is 0 Å². The second kappa shape index (κ2) is 15.7. The predicted octanol–water partition coefficient (Wildman–Crippen LogP) is 10.3. The molecule has 0 unspecified atom stereocenters. The van der Waals surface area contributed by atoms with Crippen LogP contribution in [-0.4, -0.2) is 17.3 Å². The lowest BCUT2D eigenvalue weighted by Gasteiger charge is -2.31. The van der Waals surface area contributed by atoms with Crippen LogP contribution in [0.1, 0.15) is 144 Å². The smallest absolute Gasteiger partial charge is 0.167 e. The summed E-state index contributed by atoms with van der Waals surface area (Å²) >= 11 is 0. The number of unbranched alkanes of at least 4 members (excludes halogenated alkanes) is 13. The highest BCUT2D eigenvalue weighted by atomic mass is 35.5. The number of nitrogens with one attached hydrogen (secondary N) is 1. The molecule has 4 heteroatoms. The second-order valence-electron chi connectivity index (χ2n) is 12.3. The van der Waals surface area contributed by atoms with Gasteiger partial charge in [-0.3, -0.25) is 9.78 Å². The molecule has 1 heterocycles. The molecule has 208 valence electrons. The maximum Gasteiger partial charge on any atom is 0.167 e. The van der Waals surface area contributed by atoms with Crippen LogP contribution in [0.2, 0.25) is 0 Å². The van der Waals surface area contributed by atoms with E-state index in [-0.39, 0.29) is 23.6 Å². The Morgan fingerprint density at radius 2 is 1.35 bits per heavy atom. The van der Waals surface area contributed by atoms with E-state index in [4.69, 9.17) is 4.98 Å². The van der Waals surface area contributed by atoms with E-state index in [1.165, 1.54) is 94.6 Å². The number of benzene rings is 1. The van der Waals surface area contributed by atoms with E-state index in [1.54, 1.807) is 0 Å². The Kier molecular flexibility index (Phi) is 13.4. The fraction of sp³-hybridized carbons (Fsp3) is 0.697. The van der Waals surface area contributed by atoms with E-state index in [0.717, 1.165) is 47.2 Å². The third-order valence-electron chi connectivity index (χ3n) is 7.90. The van der Waals surface area contributed by atoms with Gasteiger partial charge >= 0.3 is 0 Å². The van der Waals surface area contributed by atoms with Crippen LogP contribution in [0.4, 0.5) is 5.69 Å². The maximum atomic E-state index is 13.2. The van der Waals surface area contributed by atoms with Crippen molar-refractivity contribution in [2.45, 2.75) is 137 Å². The van der Waals surface area contributed by atoms with Crippen molar-refractivity contribution >= 4 is 34.8 Å². The van der Waals surface area contributed by atoms with Crippen LogP contribution in [0.15, 0.2) is 12.1 Å². The van der Waals surface area contributed by atoms with Gasteiger partial charge in [-0.25, -0.2) is 0 Å². The van der Waals surface area contributed by atoms with Crippen molar-refractivity contribution in [1.82, 2.24) is 4.98 Å². The molecule has 1 aliphatic rings. The Morgan fingerprint density at radius 1 is 0.811 bits per heavy atom. The molecule has 1 aromatic carbocycles. The van der Waals surface area contributed by atoms with Crippen LogP contribution in [-0.2, 0) is 6.42 Å². The van der Waals surface area contributed by atoms with E-state index in [2.05, 4.69) is 52.1 Å².